The number of hydrogen-bond acceptors (Lipinski definition) is 3. The summed E-state index contributed by atoms with van der Waals surface area (Å²) >= 11 is 0. The Morgan fingerprint density at radius 1 is 1.14 bits per heavy atom. The average Bonchev–Trinajstić information content (AvgIpc) is 3.08. The highest BCUT2D eigenvalue weighted by molar-refractivity contribution is 5.93. The summed E-state index contributed by atoms with van der Waals surface area (Å²) in [6.07, 6.45) is 4.02. The number of aromatic nitrogens is 1. The SMILES string of the molecule is O=C(NCc1ccc(N2CCCC2)cc1)c1ccc[nH]c1=O. The molecule has 0 unspecified atom stereocenters. The second-order valence-electron chi connectivity index (χ2n) is 5.46. The van der Waals surface area contributed by atoms with E-state index in [0.29, 0.717) is 6.54 Å². The van der Waals surface area contributed by atoms with E-state index in [0.717, 1.165) is 18.7 Å². The predicted octanol–water partition coefficient (Wildman–Crippen LogP) is 1.91. The number of nitrogens with zero attached hydrogens (tertiary/aromatic N) is 1. The Morgan fingerprint density at radius 3 is 2.55 bits per heavy atom. The van der Waals surface area contributed by atoms with Gasteiger partial charge in [0.2, 0.25) is 0 Å². The molecule has 0 radical (unpaired) electrons. The molecule has 5 heteroatoms. The van der Waals surface area contributed by atoms with E-state index in [9.17, 15) is 9.59 Å². The Labute approximate surface area is 129 Å². The van der Waals surface area contributed by atoms with Gasteiger partial charge < -0.3 is 15.2 Å². The van der Waals surface area contributed by atoms with Gasteiger partial charge in [0.1, 0.15) is 5.56 Å². The Kier molecular flexibility index (Phi) is 4.23. The topological polar surface area (TPSA) is 65.2 Å². The molecule has 2 N–H and O–H groups in total. The lowest BCUT2D eigenvalue weighted by Crippen LogP contribution is -2.28. The van der Waals surface area contributed by atoms with Crippen LogP contribution >= 0.6 is 0 Å². The van der Waals surface area contributed by atoms with E-state index in [4.69, 9.17) is 0 Å². The smallest absolute Gasteiger partial charge is 0.260 e. The minimum atomic E-state index is -0.371. The summed E-state index contributed by atoms with van der Waals surface area (Å²) in [5.41, 5.74) is 2.01. The summed E-state index contributed by atoms with van der Waals surface area (Å²) < 4.78 is 0. The largest absolute Gasteiger partial charge is 0.372 e. The van der Waals surface area contributed by atoms with Crippen LogP contribution in [0.15, 0.2) is 47.4 Å². The van der Waals surface area contributed by atoms with E-state index in [-0.39, 0.29) is 17.0 Å². The maximum absolute atomic E-state index is 12.0. The summed E-state index contributed by atoms with van der Waals surface area (Å²) in [4.78, 5) is 28.4. The van der Waals surface area contributed by atoms with Gasteiger partial charge in [-0.2, -0.15) is 0 Å². The van der Waals surface area contributed by atoms with Crippen LogP contribution in [-0.4, -0.2) is 24.0 Å². The highest BCUT2D eigenvalue weighted by atomic mass is 16.2. The first-order chi connectivity index (χ1) is 10.7. The average molecular weight is 297 g/mol. The van der Waals surface area contributed by atoms with Crippen molar-refractivity contribution >= 4 is 11.6 Å². The first-order valence-corrected chi connectivity index (χ1v) is 7.54. The molecular formula is C17H19N3O2. The van der Waals surface area contributed by atoms with Crippen molar-refractivity contribution < 1.29 is 4.79 Å². The van der Waals surface area contributed by atoms with Gasteiger partial charge in [-0.05, 0) is 42.7 Å². The number of nitrogens with one attached hydrogen (secondary N) is 2. The zero-order valence-electron chi connectivity index (χ0n) is 12.3. The van der Waals surface area contributed by atoms with Crippen molar-refractivity contribution in [2.75, 3.05) is 18.0 Å². The van der Waals surface area contributed by atoms with Crippen molar-refractivity contribution in [3.63, 3.8) is 0 Å². The van der Waals surface area contributed by atoms with Crippen LogP contribution in [0.5, 0.6) is 0 Å². The molecule has 2 heterocycles. The molecule has 0 spiro atoms. The first-order valence-electron chi connectivity index (χ1n) is 7.54. The fourth-order valence-corrected chi connectivity index (χ4v) is 2.68. The lowest BCUT2D eigenvalue weighted by molar-refractivity contribution is 0.0949. The molecular weight excluding hydrogens is 278 g/mol. The van der Waals surface area contributed by atoms with Crippen LogP contribution in [0.2, 0.25) is 0 Å². The molecule has 0 bridgehead atoms. The number of pyridine rings is 1. The van der Waals surface area contributed by atoms with Crippen molar-refractivity contribution in [3.8, 4) is 0 Å². The molecule has 0 saturated carbocycles. The second kappa shape index (κ2) is 6.47. The van der Waals surface area contributed by atoms with E-state index in [2.05, 4.69) is 27.3 Å². The molecule has 114 valence electrons. The van der Waals surface area contributed by atoms with E-state index < -0.39 is 0 Å². The maximum atomic E-state index is 12.0. The van der Waals surface area contributed by atoms with Gasteiger partial charge in [0.25, 0.3) is 11.5 Å². The van der Waals surface area contributed by atoms with Crippen LogP contribution in [0.3, 0.4) is 0 Å². The molecule has 1 amide bonds. The molecule has 1 aromatic carbocycles. The molecule has 0 aliphatic carbocycles. The minimum Gasteiger partial charge on any atom is -0.372 e. The van der Waals surface area contributed by atoms with Crippen LogP contribution in [0.4, 0.5) is 5.69 Å². The normalized spacial score (nSPS) is 14.1. The van der Waals surface area contributed by atoms with Gasteiger partial charge in [-0.15, -0.1) is 0 Å². The van der Waals surface area contributed by atoms with Gasteiger partial charge in [0.05, 0.1) is 0 Å². The van der Waals surface area contributed by atoms with Gasteiger partial charge in [-0.1, -0.05) is 12.1 Å². The summed E-state index contributed by atoms with van der Waals surface area (Å²) in [6, 6.07) is 11.4. The number of rotatable bonds is 4. The minimum absolute atomic E-state index is 0.135. The van der Waals surface area contributed by atoms with Crippen LogP contribution in [0.1, 0.15) is 28.8 Å². The van der Waals surface area contributed by atoms with Crippen molar-refractivity contribution in [1.29, 1.82) is 0 Å². The third-order valence-corrected chi connectivity index (χ3v) is 3.92. The van der Waals surface area contributed by atoms with Gasteiger partial charge in [0.15, 0.2) is 0 Å². The third kappa shape index (κ3) is 3.19. The number of amides is 1. The highest BCUT2D eigenvalue weighted by Gasteiger charge is 2.12. The van der Waals surface area contributed by atoms with E-state index >= 15 is 0 Å². The fraction of sp³-hybridized carbons (Fsp3) is 0.294. The molecule has 1 aromatic heterocycles. The molecule has 1 fully saturated rings. The molecule has 3 rings (SSSR count). The molecule has 2 aromatic rings. The third-order valence-electron chi connectivity index (χ3n) is 3.92. The zero-order valence-corrected chi connectivity index (χ0v) is 12.3. The molecule has 0 atom stereocenters. The molecule has 22 heavy (non-hydrogen) atoms. The van der Waals surface area contributed by atoms with Crippen molar-refractivity contribution in [2.24, 2.45) is 0 Å². The summed E-state index contributed by atoms with van der Waals surface area (Å²) in [7, 11) is 0. The first kappa shape index (κ1) is 14.4. The highest BCUT2D eigenvalue weighted by Crippen LogP contribution is 2.20. The monoisotopic (exact) mass is 297 g/mol. The van der Waals surface area contributed by atoms with Crippen LogP contribution in [-0.2, 0) is 6.54 Å². The Bertz CT molecular complexity index is 700. The lowest BCUT2D eigenvalue weighted by atomic mass is 10.2. The Hall–Kier alpha value is -2.56. The Morgan fingerprint density at radius 2 is 1.86 bits per heavy atom. The summed E-state index contributed by atoms with van der Waals surface area (Å²) in [6.45, 7) is 2.65. The summed E-state index contributed by atoms with van der Waals surface area (Å²) in [5, 5.41) is 2.77. The van der Waals surface area contributed by atoms with Gasteiger partial charge in [0, 0.05) is 31.5 Å². The molecule has 1 aliphatic heterocycles. The van der Waals surface area contributed by atoms with E-state index in [1.165, 1.54) is 30.8 Å². The summed E-state index contributed by atoms with van der Waals surface area (Å²) in [5.74, 6) is -0.356. The standard InChI is InChI=1S/C17H19N3O2/c21-16-15(4-3-9-18-16)17(22)19-12-13-5-7-14(8-6-13)20-10-1-2-11-20/h3-9H,1-2,10-12H2,(H,18,21)(H,19,22). The second-order valence-corrected chi connectivity index (χ2v) is 5.46. The van der Waals surface area contributed by atoms with Crippen LogP contribution in [0.25, 0.3) is 0 Å². The number of carbonyl (C=O) groups excluding carboxylic acids is 1. The molecule has 1 aliphatic rings. The Balaban J connectivity index is 1.60. The predicted molar refractivity (Wildman–Crippen MR) is 86.1 cm³/mol. The maximum Gasteiger partial charge on any atom is 0.260 e. The number of H-pyrrole nitrogens is 1. The van der Waals surface area contributed by atoms with Crippen molar-refractivity contribution in [2.45, 2.75) is 19.4 Å². The van der Waals surface area contributed by atoms with Gasteiger partial charge in [-0.25, -0.2) is 0 Å². The van der Waals surface area contributed by atoms with Crippen molar-refractivity contribution in [1.82, 2.24) is 10.3 Å². The fourth-order valence-electron chi connectivity index (χ4n) is 2.68. The number of carbonyl (C=O) groups is 1. The van der Waals surface area contributed by atoms with Crippen molar-refractivity contribution in [3.05, 3.63) is 64.1 Å². The molecule has 1 saturated heterocycles. The van der Waals surface area contributed by atoms with Gasteiger partial charge in [-0.3, -0.25) is 9.59 Å². The quantitative estimate of drug-likeness (QED) is 0.906. The number of benzene rings is 1. The van der Waals surface area contributed by atoms with E-state index in [1.54, 1.807) is 6.07 Å². The van der Waals surface area contributed by atoms with E-state index in [1.807, 2.05) is 12.1 Å². The van der Waals surface area contributed by atoms with Crippen LogP contribution in [0, 0.1) is 0 Å². The number of aromatic amines is 1. The number of anilines is 1. The van der Waals surface area contributed by atoms with Gasteiger partial charge >= 0.3 is 0 Å². The molecule has 5 nitrogen and oxygen atoms in total. The number of hydrogen-bond donors (Lipinski definition) is 2. The lowest BCUT2D eigenvalue weighted by Gasteiger charge is -2.17. The zero-order chi connectivity index (χ0) is 15.4. The van der Waals surface area contributed by atoms with Crippen LogP contribution < -0.4 is 15.8 Å².